The lowest BCUT2D eigenvalue weighted by atomic mass is 9.94. The molecule has 422 valence electrons. The summed E-state index contributed by atoms with van der Waals surface area (Å²) in [5, 5.41) is 7.41. The van der Waals surface area contributed by atoms with E-state index < -0.39 is 113 Å². The first kappa shape index (κ1) is 60.5. The van der Waals surface area contributed by atoms with Crippen molar-refractivity contribution < 1.29 is 60.1 Å². The molecule has 4 aromatic carbocycles. The summed E-state index contributed by atoms with van der Waals surface area (Å²) in [6.45, 7) is 1.00. The zero-order valence-electron chi connectivity index (χ0n) is 42.8. The molecule has 0 radical (unpaired) electrons. The van der Waals surface area contributed by atoms with Crippen molar-refractivity contribution in [1.82, 2.24) is 19.8 Å². The van der Waals surface area contributed by atoms with Gasteiger partial charge in [-0.15, -0.1) is 11.6 Å². The third kappa shape index (κ3) is 11.7. The number of carbonyl (C=O) groups is 5. The lowest BCUT2D eigenvalue weighted by Crippen LogP contribution is -2.60. The predicted octanol–water partition coefficient (Wildman–Crippen LogP) is 5.64. The summed E-state index contributed by atoms with van der Waals surface area (Å²) in [5.74, 6) is -4.47. The number of thiocarbonyl (C=S) groups is 1. The van der Waals surface area contributed by atoms with Crippen LogP contribution in [0.1, 0.15) is 67.1 Å². The van der Waals surface area contributed by atoms with Gasteiger partial charge in [-0.3, -0.25) is 24.4 Å². The molecule has 2 aromatic heterocycles. The molecular weight excluding hydrogens is 1120 g/mol. The lowest BCUT2D eigenvalue weighted by molar-refractivity contribution is -0.162. The predicted molar refractivity (Wildman–Crippen MR) is 306 cm³/mol. The maximum atomic E-state index is 14.0. The van der Waals surface area contributed by atoms with Crippen LogP contribution in [-0.2, 0) is 57.9 Å². The number of hydrogen-bond acceptors (Lipinski definition) is 16. The van der Waals surface area contributed by atoms with Crippen LogP contribution >= 0.6 is 23.8 Å². The Balaban J connectivity index is 0.000000218. The van der Waals surface area contributed by atoms with Gasteiger partial charge in [0.15, 0.2) is 59.8 Å². The lowest BCUT2D eigenvalue weighted by Gasteiger charge is -2.39. The van der Waals surface area contributed by atoms with Gasteiger partial charge in [0.1, 0.15) is 22.0 Å². The second-order valence-electron chi connectivity index (χ2n) is 19.0. The molecule has 5 N–H and O–H groups in total. The number of nitrogens with zero attached hydrogens (tertiary/aromatic N) is 4. The molecule has 0 spiro atoms. The van der Waals surface area contributed by atoms with Gasteiger partial charge < -0.3 is 40.6 Å². The van der Waals surface area contributed by atoms with Gasteiger partial charge in [-0.1, -0.05) is 141 Å². The van der Waals surface area contributed by atoms with Crippen molar-refractivity contribution in [1.29, 1.82) is 0 Å². The van der Waals surface area contributed by atoms with Crippen molar-refractivity contribution in [2.24, 2.45) is 11.5 Å². The normalized spacial score (nSPS) is 23.4. The number of ether oxygens (including phenoxy) is 3. The molecular formula is C58H57ClN6O13S3. The molecule has 2 amide bonds. The van der Waals surface area contributed by atoms with Gasteiger partial charge >= 0.3 is 17.9 Å². The summed E-state index contributed by atoms with van der Waals surface area (Å²) in [4.78, 5) is 76.3. The van der Waals surface area contributed by atoms with Crippen LogP contribution in [-0.4, -0.2) is 128 Å². The fraction of sp³-hybridized carbons (Fsp3) is 0.241. The molecule has 6 atom stereocenters. The number of β-lactam (4-membered cyclic amide) rings is 2. The largest absolute Gasteiger partial charge is 0.463 e. The fourth-order valence-electron chi connectivity index (χ4n) is 9.80. The first-order valence-corrected chi connectivity index (χ1v) is 28.6. The minimum absolute atomic E-state index is 0. The maximum absolute atomic E-state index is 14.0. The molecule has 10 rings (SSSR count). The summed E-state index contributed by atoms with van der Waals surface area (Å²) < 4.78 is 68.2. The molecule has 19 nitrogen and oxygen atoms in total. The first-order valence-electron chi connectivity index (χ1n) is 24.6. The molecule has 4 fully saturated rings. The van der Waals surface area contributed by atoms with Gasteiger partial charge in [0.25, 0.3) is 11.8 Å². The molecule has 0 aliphatic carbocycles. The Morgan fingerprint density at radius 2 is 0.938 bits per heavy atom. The highest BCUT2D eigenvalue weighted by molar-refractivity contribution is 7.94. The number of amides is 2. The van der Waals surface area contributed by atoms with Gasteiger partial charge in [-0.2, -0.15) is 0 Å². The number of aliphatic hydroxyl groups excluding tert-OH is 1. The Kier molecular flexibility index (Phi) is 18.8. The van der Waals surface area contributed by atoms with Crippen molar-refractivity contribution in [2.75, 3.05) is 19.1 Å². The minimum atomic E-state index is -4.31. The van der Waals surface area contributed by atoms with Crippen LogP contribution < -0.4 is 11.5 Å². The number of alkyl halides is 1. The Bertz CT molecular complexity index is 3490. The van der Waals surface area contributed by atoms with Crippen molar-refractivity contribution in [3.8, 4) is 0 Å². The summed E-state index contributed by atoms with van der Waals surface area (Å²) in [6.07, 6.45) is 4.12. The quantitative estimate of drug-likeness (QED) is 0.0297. The molecule has 0 unspecified atom stereocenters. The highest BCUT2D eigenvalue weighted by atomic mass is 35.5. The summed E-state index contributed by atoms with van der Waals surface area (Å²) >= 11 is 9.66. The van der Waals surface area contributed by atoms with Crippen LogP contribution in [0.25, 0.3) is 12.2 Å². The third-order valence-corrected chi connectivity index (χ3v) is 19.5. The SMILES string of the molecule is C.C[C@]1(CO)[C@H](C(=O)OC(c2ccccc2)c2ccccc2)N2C(=O)/C(=C/c3ccccn3)[C@H]2S1(=O)=O.C[C@]1(COC(=O)CCl)[C@H](C(=O)OC(c2ccccc2)c2ccccc2)N2C(=O)/C(=C/c3ccccn3)[C@H]2S1(=O)=O.NC(N)=S. The highest BCUT2D eigenvalue weighted by Crippen LogP contribution is 2.51. The van der Waals surface area contributed by atoms with Crippen molar-refractivity contribution in [3.63, 3.8) is 0 Å². The van der Waals surface area contributed by atoms with Gasteiger partial charge in [0.2, 0.25) is 0 Å². The number of sulfone groups is 2. The van der Waals surface area contributed by atoms with E-state index >= 15 is 0 Å². The minimum Gasteiger partial charge on any atom is -0.463 e. The van der Waals surface area contributed by atoms with E-state index in [0.29, 0.717) is 33.6 Å². The highest BCUT2D eigenvalue weighted by Gasteiger charge is 2.74. The van der Waals surface area contributed by atoms with E-state index in [0.717, 1.165) is 9.80 Å². The maximum Gasteiger partial charge on any atom is 0.331 e. The van der Waals surface area contributed by atoms with Crippen LogP contribution in [0.5, 0.6) is 0 Å². The molecule has 6 heterocycles. The van der Waals surface area contributed by atoms with Crippen LogP contribution in [0.15, 0.2) is 181 Å². The van der Waals surface area contributed by atoms with E-state index in [2.05, 4.69) is 33.7 Å². The van der Waals surface area contributed by atoms with E-state index in [1.54, 1.807) is 133 Å². The number of benzene rings is 4. The van der Waals surface area contributed by atoms with Crippen molar-refractivity contribution >= 4 is 90.5 Å². The zero-order valence-corrected chi connectivity index (χ0v) is 46.0. The van der Waals surface area contributed by atoms with E-state index in [1.165, 1.54) is 38.4 Å². The number of aliphatic hydroxyl groups is 1. The third-order valence-electron chi connectivity index (χ3n) is 13.9. The average molecular weight is 1180 g/mol. The number of halogens is 1. The number of aromatic nitrogens is 2. The average Bonchev–Trinajstić information content (AvgIpc) is 1.66. The second-order valence-corrected chi connectivity index (χ2v) is 24.7. The Morgan fingerprint density at radius 3 is 1.25 bits per heavy atom. The zero-order chi connectivity index (χ0) is 57.6. The first-order chi connectivity index (χ1) is 38.2. The fourth-order valence-corrected chi connectivity index (χ4v) is 14.4. The number of pyridine rings is 2. The number of fused-ring (bicyclic) bond motifs is 2. The second kappa shape index (κ2) is 25.1. The number of rotatable bonds is 14. The van der Waals surface area contributed by atoms with Gasteiger partial charge in [0.05, 0.1) is 29.1 Å². The Morgan fingerprint density at radius 1 is 0.617 bits per heavy atom. The van der Waals surface area contributed by atoms with Crippen LogP contribution in [0.3, 0.4) is 0 Å². The van der Waals surface area contributed by atoms with E-state index in [9.17, 15) is 45.9 Å². The molecule has 4 saturated heterocycles. The van der Waals surface area contributed by atoms with Crippen LogP contribution in [0.4, 0.5) is 0 Å². The van der Waals surface area contributed by atoms with E-state index in [1.807, 2.05) is 24.3 Å². The molecule has 0 bridgehead atoms. The molecule has 23 heteroatoms. The summed E-state index contributed by atoms with van der Waals surface area (Å²) in [5.41, 5.74) is 12.7. The molecule has 6 aromatic rings. The number of nitrogens with two attached hydrogens (primary N) is 2. The number of esters is 3. The number of hydrogen-bond donors (Lipinski definition) is 3. The number of carbonyl (C=O) groups excluding carboxylic acids is 5. The van der Waals surface area contributed by atoms with Gasteiger partial charge in [-0.05, 0) is 84.7 Å². The van der Waals surface area contributed by atoms with E-state index in [-0.39, 0.29) is 23.7 Å². The monoisotopic (exact) mass is 1180 g/mol. The van der Waals surface area contributed by atoms with Gasteiger partial charge in [-0.25, -0.2) is 26.4 Å². The smallest absolute Gasteiger partial charge is 0.331 e. The topological polar surface area (TPSA) is 286 Å². The Labute approximate surface area is 479 Å². The van der Waals surface area contributed by atoms with E-state index in [4.69, 9.17) is 25.8 Å². The molecule has 81 heavy (non-hydrogen) atoms. The summed E-state index contributed by atoms with van der Waals surface area (Å²) in [7, 11) is -8.49. The van der Waals surface area contributed by atoms with Crippen LogP contribution in [0.2, 0.25) is 0 Å². The molecule has 0 saturated carbocycles. The Hall–Kier alpha value is -8.15. The molecule has 4 aliphatic heterocycles. The van der Waals surface area contributed by atoms with Crippen LogP contribution in [0, 0.1) is 0 Å². The standard InChI is InChI=1S/C29H25ClN2O7S.C27H24N2O6S.CH4N2S.CH4/c1-29(18-38-23(33)17-30)25(28(35)39-24(19-10-4-2-5-11-19)20-12-6-3-7-13-20)32-26(34)22(27(32)40(29,36)37)16-21-14-8-9-15-31-21;1-27(17-30)23(26(32)35-22(18-10-4-2-5-11-18)19-12-6-3-7-13-19)29-24(31)21(25(29)36(27,33)34)16-20-14-8-9-15-28-20;2-1(3)4;/h2-16,24-25,27H,17-18H2,1H3;2-16,22-23,25,30H,17H2,1H3;(H4,2,3,4);1H4/b22-16-;21-16-;;/t25-,27+,29-;23-,25+,27-;;/m00../s1. The van der Waals surface area contributed by atoms with Crippen molar-refractivity contribution in [2.45, 2.75) is 65.8 Å². The van der Waals surface area contributed by atoms with Crippen molar-refractivity contribution in [3.05, 3.63) is 215 Å². The molecule has 4 aliphatic rings. The summed E-state index contributed by atoms with van der Waals surface area (Å²) in [6, 6.07) is 43.0. The van der Waals surface area contributed by atoms with Gasteiger partial charge in [0, 0.05) is 12.4 Å².